The molecule has 1 atom stereocenters. The zero-order chi connectivity index (χ0) is 13.0. The molecule has 0 saturated carbocycles. The average molecular weight is 244 g/mol. The summed E-state index contributed by atoms with van der Waals surface area (Å²) in [5, 5.41) is 10.2. The third-order valence-corrected chi connectivity index (χ3v) is 3.13. The molecule has 2 rings (SSSR count). The van der Waals surface area contributed by atoms with Gasteiger partial charge in [0.25, 0.3) is 0 Å². The average Bonchev–Trinajstić information content (AvgIpc) is 2.88. The number of aliphatic hydroxyl groups excluding tert-OH is 1. The van der Waals surface area contributed by atoms with Gasteiger partial charge in [-0.1, -0.05) is 44.5 Å². The largest absolute Gasteiger partial charge is 0.463 e. The van der Waals surface area contributed by atoms with Crippen molar-refractivity contribution in [3.8, 4) is 0 Å². The molecule has 0 fully saturated rings. The van der Waals surface area contributed by atoms with Crippen molar-refractivity contribution in [3.63, 3.8) is 0 Å². The van der Waals surface area contributed by atoms with Crippen LogP contribution >= 0.6 is 0 Å². The molecule has 1 aromatic carbocycles. The van der Waals surface area contributed by atoms with Crippen molar-refractivity contribution < 1.29 is 9.52 Å². The molecule has 0 aliphatic carbocycles. The topological polar surface area (TPSA) is 33.4 Å². The lowest BCUT2D eigenvalue weighted by Gasteiger charge is -2.09. The van der Waals surface area contributed by atoms with Crippen molar-refractivity contribution in [2.24, 2.45) is 0 Å². The molecule has 2 aromatic rings. The van der Waals surface area contributed by atoms with Gasteiger partial charge in [-0.05, 0) is 29.7 Å². The fraction of sp³-hybridized carbons (Fsp3) is 0.375. The van der Waals surface area contributed by atoms with Crippen LogP contribution in [0.15, 0.2) is 40.8 Å². The van der Waals surface area contributed by atoms with Gasteiger partial charge in [0.1, 0.15) is 17.6 Å². The van der Waals surface area contributed by atoms with Crippen molar-refractivity contribution in [3.05, 3.63) is 59.0 Å². The third-order valence-electron chi connectivity index (χ3n) is 3.13. The summed E-state index contributed by atoms with van der Waals surface area (Å²) in [6.45, 7) is 4.20. The van der Waals surface area contributed by atoms with E-state index in [4.69, 9.17) is 4.42 Å². The van der Waals surface area contributed by atoms with Crippen LogP contribution in [0.4, 0.5) is 0 Å². The molecule has 0 spiro atoms. The summed E-state index contributed by atoms with van der Waals surface area (Å²) in [6.07, 6.45) is 2.40. The van der Waals surface area contributed by atoms with Crippen LogP contribution in [-0.4, -0.2) is 5.11 Å². The lowest BCUT2D eigenvalue weighted by atomic mass is 10.0. The van der Waals surface area contributed by atoms with E-state index in [1.165, 1.54) is 5.56 Å². The first-order valence-corrected chi connectivity index (χ1v) is 6.60. The van der Waals surface area contributed by atoms with Gasteiger partial charge in [0, 0.05) is 6.42 Å². The van der Waals surface area contributed by atoms with Crippen molar-refractivity contribution in [1.29, 1.82) is 0 Å². The molecular weight excluding hydrogens is 224 g/mol. The van der Waals surface area contributed by atoms with Crippen molar-refractivity contribution in [2.75, 3.05) is 0 Å². The summed E-state index contributed by atoms with van der Waals surface area (Å²) in [6, 6.07) is 11.9. The van der Waals surface area contributed by atoms with E-state index < -0.39 is 6.10 Å². The SMILES string of the molecule is CCCc1ccc(C(O)c2ccc(CC)o2)cc1. The van der Waals surface area contributed by atoms with Gasteiger partial charge in [0.2, 0.25) is 0 Å². The van der Waals surface area contributed by atoms with E-state index in [1.54, 1.807) is 0 Å². The van der Waals surface area contributed by atoms with Crippen molar-refractivity contribution in [2.45, 2.75) is 39.2 Å². The number of benzene rings is 1. The van der Waals surface area contributed by atoms with Crippen LogP contribution in [-0.2, 0) is 12.8 Å². The van der Waals surface area contributed by atoms with E-state index in [1.807, 2.05) is 31.2 Å². The maximum absolute atomic E-state index is 10.2. The van der Waals surface area contributed by atoms with E-state index in [0.717, 1.165) is 30.6 Å². The molecule has 1 heterocycles. The Morgan fingerprint density at radius 2 is 1.78 bits per heavy atom. The summed E-state index contributed by atoms with van der Waals surface area (Å²) >= 11 is 0. The summed E-state index contributed by atoms with van der Waals surface area (Å²) in [4.78, 5) is 0. The summed E-state index contributed by atoms with van der Waals surface area (Å²) in [7, 11) is 0. The number of rotatable bonds is 5. The Kier molecular flexibility index (Phi) is 4.21. The minimum absolute atomic E-state index is 0.620. The van der Waals surface area contributed by atoms with E-state index in [2.05, 4.69) is 19.1 Å². The van der Waals surface area contributed by atoms with Crippen LogP contribution in [0.3, 0.4) is 0 Å². The highest BCUT2D eigenvalue weighted by Crippen LogP contribution is 2.24. The van der Waals surface area contributed by atoms with Gasteiger partial charge in [0.05, 0.1) is 0 Å². The maximum atomic E-state index is 10.2. The van der Waals surface area contributed by atoms with Gasteiger partial charge in [-0.25, -0.2) is 0 Å². The predicted molar refractivity (Wildman–Crippen MR) is 72.6 cm³/mol. The minimum atomic E-state index is -0.666. The van der Waals surface area contributed by atoms with E-state index >= 15 is 0 Å². The van der Waals surface area contributed by atoms with Crippen LogP contribution in [0, 0.1) is 0 Å². The van der Waals surface area contributed by atoms with Crippen LogP contribution in [0.25, 0.3) is 0 Å². The lowest BCUT2D eigenvalue weighted by molar-refractivity contribution is 0.187. The molecule has 0 bridgehead atoms. The quantitative estimate of drug-likeness (QED) is 0.866. The van der Waals surface area contributed by atoms with Crippen molar-refractivity contribution >= 4 is 0 Å². The zero-order valence-corrected chi connectivity index (χ0v) is 11.0. The lowest BCUT2D eigenvalue weighted by Crippen LogP contribution is -1.98. The zero-order valence-electron chi connectivity index (χ0n) is 11.0. The monoisotopic (exact) mass is 244 g/mol. The second-order valence-electron chi connectivity index (χ2n) is 4.55. The van der Waals surface area contributed by atoms with E-state index in [9.17, 15) is 5.11 Å². The van der Waals surface area contributed by atoms with Gasteiger partial charge in [-0.3, -0.25) is 0 Å². The van der Waals surface area contributed by atoms with Gasteiger partial charge >= 0.3 is 0 Å². The maximum Gasteiger partial charge on any atom is 0.137 e. The molecule has 0 aliphatic rings. The molecule has 0 saturated heterocycles. The summed E-state index contributed by atoms with van der Waals surface area (Å²) < 4.78 is 5.58. The number of aryl methyl sites for hydroxylation is 2. The third kappa shape index (κ3) is 2.82. The Balaban J connectivity index is 2.14. The van der Waals surface area contributed by atoms with E-state index in [0.29, 0.717) is 5.76 Å². The molecule has 2 heteroatoms. The van der Waals surface area contributed by atoms with Crippen LogP contribution < -0.4 is 0 Å². The number of hydrogen-bond acceptors (Lipinski definition) is 2. The molecule has 0 amide bonds. The fourth-order valence-corrected chi connectivity index (χ4v) is 2.05. The Labute approximate surface area is 108 Å². The summed E-state index contributed by atoms with van der Waals surface area (Å²) in [5.74, 6) is 1.53. The molecule has 0 aliphatic heterocycles. The first kappa shape index (κ1) is 12.9. The number of aliphatic hydroxyl groups is 1. The fourth-order valence-electron chi connectivity index (χ4n) is 2.05. The standard InChI is InChI=1S/C16H20O2/c1-3-5-12-6-8-13(9-7-12)16(17)15-11-10-14(4-2)18-15/h6-11,16-17H,3-5H2,1-2H3. The Hall–Kier alpha value is -1.54. The first-order chi connectivity index (χ1) is 8.74. The van der Waals surface area contributed by atoms with Crippen LogP contribution in [0.2, 0.25) is 0 Å². The molecule has 2 nitrogen and oxygen atoms in total. The van der Waals surface area contributed by atoms with Crippen LogP contribution in [0.1, 0.15) is 49.0 Å². The molecule has 96 valence electrons. The smallest absolute Gasteiger partial charge is 0.137 e. The molecule has 0 radical (unpaired) electrons. The number of hydrogen-bond donors (Lipinski definition) is 1. The number of furan rings is 1. The van der Waals surface area contributed by atoms with Gasteiger partial charge in [-0.15, -0.1) is 0 Å². The minimum Gasteiger partial charge on any atom is -0.463 e. The molecule has 1 N–H and O–H groups in total. The van der Waals surface area contributed by atoms with Crippen LogP contribution in [0.5, 0.6) is 0 Å². The molecule has 1 unspecified atom stereocenters. The Bertz CT molecular complexity index is 482. The van der Waals surface area contributed by atoms with E-state index in [-0.39, 0.29) is 0 Å². The van der Waals surface area contributed by atoms with Gasteiger partial charge < -0.3 is 9.52 Å². The Morgan fingerprint density at radius 1 is 1.06 bits per heavy atom. The molecule has 18 heavy (non-hydrogen) atoms. The van der Waals surface area contributed by atoms with Gasteiger partial charge in [-0.2, -0.15) is 0 Å². The van der Waals surface area contributed by atoms with Crippen molar-refractivity contribution in [1.82, 2.24) is 0 Å². The predicted octanol–water partition coefficient (Wildman–Crippen LogP) is 3.88. The summed E-state index contributed by atoms with van der Waals surface area (Å²) in [5.41, 5.74) is 2.19. The highest BCUT2D eigenvalue weighted by Gasteiger charge is 2.14. The highest BCUT2D eigenvalue weighted by molar-refractivity contribution is 5.28. The highest BCUT2D eigenvalue weighted by atomic mass is 16.4. The second-order valence-corrected chi connectivity index (χ2v) is 4.55. The molecule has 1 aromatic heterocycles. The second kappa shape index (κ2) is 5.87. The first-order valence-electron chi connectivity index (χ1n) is 6.60. The van der Waals surface area contributed by atoms with Gasteiger partial charge in [0.15, 0.2) is 0 Å². The normalized spacial score (nSPS) is 12.6. The molecular formula is C16H20O2. The Morgan fingerprint density at radius 3 is 2.33 bits per heavy atom.